The molecule has 0 aliphatic carbocycles. The molecule has 0 unspecified atom stereocenters. The Morgan fingerprint density at radius 2 is 1.90 bits per heavy atom. The van der Waals surface area contributed by atoms with Crippen molar-refractivity contribution in [2.75, 3.05) is 14.2 Å². The Hall–Kier alpha value is -3.55. The van der Waals surface area contributed by atoms with Crippen molar-refractivity contribution in [3.05, 3.63) is 59.7 Å². The van der Waals surface area contributed by atoms with Crippen molar-refractivity contribution in [1.29, 1.82) is 0 Å². The van der Waals surface area contributed by atoms with Crippen LogP contribution in [0.5, 0.6) is 11.5 Å². The number of ether oxygens (including phenoxy) is 2. The molecule has 0 spiro atoms. The first kappa shape index (κ1) is 20.2. The normalized spacial score (nSPS) is 18.0. The van der Waals surface area contributed by atoms with Crippen LogP contribution in [0.4, 0.5) is 4.79 Å². The molecular formula is C21H22N2O6. The van der Waals surface area contributed by atoms with Gasteiger partial charge in [-0.15, -0.1) is 0 Å². The van der Waals surface area contributed by atoms with E-state index in [9.17, 15) is 19.5 Å². The highest BCUT2D eigenvalue weighted by Crippen LogP contribution is 2.31. The summed E-state index contributed by atoms with van der Waals surface area (Å²) in [5.41, 5.74) is 1.43. The number of β-lactam (4-membered cyclic amide) rings is 1. The van der Waals surface area contributed by atoms with Crippen LogP contribution < -0.4 is 9.47 Å². The van der Waals surface area contributed by atoms with Gasteiger partial charge in [0.2, 0.25) is 5.91 Å². The zero-order valence-electron chi connectivity index (χ0n) is 16.1. The number of aldehydes is 1. The predicted molar refractivity (Wildman–Crippen MR) is 104 cm³/mol. The minimum Gasteiger partial charge on any atom is -0.497 e. The van der Waals surface area contributed by atoms with Crippen LogP contribution in [0, 0.1) is 0 Å². The maximum atomic E-state index is 12.8. The highest BCUT2D eigenvalue weighted by molar-refractivity contribution is 5.98. The maximum absolute atomic E-state index is 12.8. The quantitative estimate of drug-likeness (QED) is 0.541. The molecule has 1 aliphatic heterocycles. The predicted octanol–water partition coefficient (Wildman–Crippen LogP) is 2.16. The van der Waals surface area contributed by atoms with E-state index in [1.807, 2.05) is 6.07 Å². The zero-order chi connectivity index (χ0) is 21.0. The van der Waals surface area contributed by atoms with Gasteiger partial charge < -0.3 is 24.3 Å². The molecule has 2 atom stereocenters. The maximum Gasteiger partial charge on any atom is 0.408 e. The molecule has 29 heavy (non-hydrogen) atoms. The Bertz CT molecular complexity index is 901. The Labute approximate surface area is 168 Å². The minimum absolute atomic E-state index is 0.0244. The number of carboxylic acid groups (broad SMARTS) is 1. The van der Waals surface area contributed by atoms with E-state index in [0.29, 0.717) is 23.3 Å². The van der Waals surface area contributed by atoms with Crippen LogP contribution in [0.15, 0.2) is 48.5 Å². The van der Waals surface area contributed by atoms with E-state index in [1.165, 1.54) is 19.1 Å². The number of likely N-dealkylation sites (tertiary alicyclic amines) is 1. The molecule has 0 bridgehead atoms. The summed E-state index contributed by atoms with van der Waals surface area (Å²) in [4.78, 5) is 38.7. The van der Waals surface area contributed by atoms with Gasteiger partial charge in [0.15, 0.2) is 0 Å². The number of amides is 2. The summed E-state index contributed by atoms with van der Waals surface area (Å²) < 4.78 is 10.5. The standard InChI is InChI=1S/C21H22N2O6/c1-28-16-9-8-15(18(10-16)29-2)12-22-17(13-24)19(20(22)25)23(21(26)27)11-14-6-4-3-5-7-14/h3-10,13,17,19H,11-12H2,1-2H3,(H,26,27)/t17-,19+/m0/s1. The van der Waals surface area contributed by atoms with Crippen molar-refractivity contribution in [3.8, 4) is 11.5 Å². The topological polar surface area (TPSA) is 96.4 Å². The third kappa shape index (κ3) is 4.01. The van der Waals surface area contributed by atoms with E-state index in [2.05, 4.69) is 0 Å². The van der Waals surface area contributed by atoms with Gasteiger partial charge in [0.05, 0.1) is 20.8 Å². The van der Waals surface area contributed by atoms with Crippen LogP contribution in [0.25, 0.3) is 0 Å². The lowest BCUT2D eigenvalue weighted by Crippen LogP contribution is -2.71. The van der Waals surface area contributed by atoms with E-state index < -0.39 is 24.1 Å². The largest absolute Gasteiger partial charge is 0.497 e. The van der Waals surface area contributed by atoms with Crippen LogP contribution in [0.3, 0.4) is 0 Å². The van der Waals surface area contributed by atoms with E-state index >= 15 is 0 Å². The van der Waals surface area contributed by atoms with Crippen molar-refractivity contribution in [2.24, 2.45) is 0 Å². The summed E-state index contributed by atoms with van der Waals surface area (Å²) in [7, 11) is 3.04. The molecule has 0 saturated carbocycles. The van der Waals surface area contributed by atoms with E-state index in [-0.39, 0.29) is 13.1 Å². The molecule has 152 valence electrons. The fourth-order valence-electron chi connectivity index (χ4n) is 3.43. The van der Waals surface area contributed by atoms with E-state index in [4.69, 9.17) is 9.47 Å². The molecule has 8 heteroatoms. The van der Waals surface area contributed by atoms with Crippen LogP contribution >= 0.6 is 0 Å². The summed E-state index contributed by atoms with van der Waals surface area (Å²) in [5, 5.41) is 9.62. The SMILES string of the molecule is COc1ccc(CN2C(=O)[C@H](N(Cc3ccccc3)C(=O)O)[C@@H]2C=O)c(OC)c1. The van der Waals surface area contributed by atoms with Gasteiger partial charge in [0.1, 0.15) is 29.9 Å². The second kappa shape index (κ2) is 8.64. The van der Waals surface area contributed by atoms with Gasteiger partial charge >= 0.3 is 6.09 Å². The fraction of sp³-hybridized carbons (Fsp3) is 0.286. The molecule has 0 aromatic heterocycles. The molecule has 1 aliphatic rings. The summed E-state index contributed by atoms with van der Waals surface area (Å²) in [6.07, 6.45) is -0.635. The number of hydrogen-bond donors (Lipinski definition) is 1. The third-order valence-electron chi connectivity index (χ3n) is 4.97. The van der Waals surface area contributed by atoms with E-state index in [0.717, 1.165) is 10.5 Å². The monoisotopic (exact) mass is 398 g/mol. The number of rotatable bonds is 8. The Kier molecular flexibility index (Phi) is 6.01. The van der Waals surface area contributed by atoms with Crippen LogP contribution in [0.2, 0.25) is 0 Å². The lowest BCUT2D eigenvalue weighted by atomic mass is 9.93. The summed E-state index contributed by atoms with van der Waals surface area (Å²) in [6, 6.07) is 12.2. The smallest absolute Gasteiger partial charge is 0.408 e. The average Bonchev–Trinajstić information content (AvgIpc) is 2.74. The van der Waals surface area contributed by atoms with Gasteiger partial charge in [0, 0.05) is 18.2 Å². The summed E-state index contributed by atoms with van der Waals surface area (Å²) >= 11 is 0. The molecule has 1 fully saturated rings. The number of hydrogen-bond acceptors (Lipinski definition) is 5. The van der Waals surface area contributed by atoms with Gasteiger partial charge in [-0.05, 0) is 17.7 Å². The molecule has 2 aromatic carbocycles. The first-order valence-electron chi connectivity index (χ1n) is 9.00. The molecule has 1 N–H and O–H groups in total. The molecular weight excluding hydrogens is 376 g/mol. The Morgan fingerprint density at radius 3 is 2.48 bits per heavy atom. The highest BCUT2D eigenvalue weighted by Gasteiger charge is 2.52. The van der Waals surface area contributed by atoms with Crippen LogP contribution in [-0.4, -0.2) is 59.5 Å². The molecule has 2 aromatic rings. The van der Waals surface area contributed by atoms with Gasteiger partial charge in [0.25, 0.3) is 0 Å². The van der Waals surface area contributed by atoms with Crippen molar-refractivity contribution < 1.29 is 29.0 Å². The molecule has 2 amide bonds. The van der Waals surface area contributed by atoms with Crippen molar-refractivity contribution in [2.45, 2.75) is 25.2 Å². The van der Waals surface area contributed by atoms with Gasteiger partial charge in [-0.2, -0.15) is 0 Å². The number of carbonyl (C=O) groups excluding carboxylic acids is 2. The average molecular weight is 398 g/mol. The van der Waals surface area contributed by atoms with Gasteiger partial charge in [-0.3, -0.25) is 9.69 Å². The second-order valence-corrected chi connectivity index (χ2v) is 6.61. The highest BCUT2D eigenvalue weighted by atomic mass is 16.5. The second-order valence-electron chi connectivity index (χ2n) is 6.61. The fourth-order valence-corrected chi connectivity index (χ4v) is 3.43. The van der Waals surface area contributed by atoms with Crippen LogP contribution in [-0.2, 0) is 22.7 Å². The molecule has 8 nitrogen and oxygen atoms in total. The van der Waals surface area contributed by atoms with Crippen molar-refractivity contribution >= 4 is 18.3 Å². The lowest BCUT2D eigenvalue weighted by Gasteiger charge is -2.48. The Morgan fingerprint density at radius 1 is 1.17 bits per heavy atom. The van der Waals surface area contributed by atoms with Crippen molar-refractivity contribution in [1.82, 2.24) is 9.80 Å². The van der Waals surface area contributed by atoms with Crippen LogP contribution in [0.1, 0.15) is 11.1 Å². The number of nitrogens with zero attached hydrogens (tertiary/aromatic N) is 2. The lowest BCUT2D eigenvalue weighted by molar-refractivity contribution is -0.161. The zero-order valence-corrected chi connectivity index (χ0v) is 16.1. The Balaban J connectivity index is 1.80. The molecule has 3 rings (SSSR count). The number of benzene rings is 2. The van der Waals surface area contributed by atoms with E-state index in [1.54, 1.807) is 42.5 Å². The van der Waals surface area contributed by atoms with Gasteiger partial charge in [-0.25, -0.2) is 4.79 Å². The van der Waals surface area contributed by atoms with Crippen molar-refractivity contribution in [3.63, 3.8) is 0 Å². The molecule has 1 heterocycles. The first-order valence-corrected chi connectivity index (χ1v) is 9.00. The third-order valence-corrected chi connectivity index (χ3v) is 4.97. The summed E-state index contributed by atoms with van der Waals surface area (Å²) in [6.45, 7) is 0.154. The first-order chi connectivity index (χ1) is 14.0. The molecule has 1 saturated heterocycles. The minimum atomic E-state index is -1.25. The number of carbonyl (C=O) groups is 3. The molecule has 0 radical (unpaired) electrons. The number of methoxy groups -OCH3 is 2. The summed E-state index contributed by atoms with van der Waals surface area (Å²) in [5.74, 6) is 0.702. The van der Waals surface area contributed by atoms with Gasteiger partial charge in [-0.1, -0.05) is 30.3 Å².